The molecule has 6 nitrogen and oxygen atoms in total. The Balaban J connectivity index is -0.0000000300. The number of carboxylic acid groups (broad SMARTS) is 3. The fraction of sp³-hybridized carbons (Fsp3) is 0.333. The minimum absolute atomic E-state index is 0. The zero-order chi connectivity index (χ0) is 7.15. The van der Waals surface area contributed by atoms with Crippen LogP contribution in [0.15, 0.2) is 0 Å². The number of rotatable bonds is 0. The van der Waals surface area contributed by atoms with Crippen LogP contribution in [0.2, 0.25) is 0 Å². The molecule has 4 N–H and O–H groups in total. The van der Waals surface area contributed by atoms with E-state index in [1.807, 2.05) is 0 Å². The number of quaternary nitrogens is 1. The fourth-order valence-electron chi connectivity index (χ4n) is 0. The third-order valence-corrected chi connectivity index (χ3v) is 0. The third-order valence-electron chi connectivity index (χ3n) is 0. The average molecular weight is 201 g/mol. The molecule has 0 atom stereocenters. The van der Waals surface area contributed by atoms with Gasteiger partial charge in [-0.25, -0.2) is 0 Å². The molecule has 0 bridgehead atoms. The predicted octanol–water partition coefficient (Wildman–Crippen LogP) is -3.32. The molecule has 0 rings (SSSR count). The van der Waals surface area contributed by atoms with Crippen LogP contribution >= 0.6 is 0 Å². The second kappa shape index (κ2) is 15.7. The summed E-state index contributed by atoms with van der Waals surface area (Å²) in [4.78, 5) is 17.2. The molecular formula is C3H7CuNO5. The van der Waals surface area contributed by atoms with E-state index in [0.717, 1.165) is 6.92 Å². The normalized spacial score (nSPS) is 4.90. The maximum Gasteiger partial charge on any atom is 2.00 e. The fourth-order valence-corrected chi connectivity index (χ4v) is 0. The van der Waals surface area contributed by atoms with Crippen molar-refractivity contribution in [2.24, 2.45) is 0 Å². The van der Waals surface area contributed by atoms with E-state index in [1.54, 1.807) is 0 Å². The largest absolute Gasteiger partial charge is 2.00 e. The van der Waals surface area contributed by atoms with Crippen LogP contribution in [-0.2, 0) is 21.9 Å². The Labute approximate surface area is 67.9 Å². The Morgan fingerprint density at radius 1 is 1.10 bits per heavy atom. The molecule has 0 saturated carbocycles. The van der Waals surface area contributed by atoms with Gasteiger partial charge in [0.2, 0.25) is 0 Å². The van der Waals surface area contributed by atoms with Gasteiger partial charge >= 0.3 is 17.1 Å². The minimum Gasteiger partial charge on any atom is -0.652 e. The van der Waals surface area contributed by atoms with Crippen LogP contribution < -0.4 is 21.5 Å². The van der Waals surface area contributed by atoms with Crippen LogP contribution in [0.3, 0.4) is 0 Å². The standard InChI is InChI=1S/C2H4O2.CH2O3.Cu.H3N/c1-2(3)4;2-1(3)4;;/h1H3,(H,3,4);(H2,2,3,4);;1H3/q;;+2;/p-2. The average Bonchev–Trinajstić information content (AvgIpc) is 1.25. The van der Waals surface area contributed by atoms with Crippen molar-refractivity contribution in [3.63, 3.8) is 0 Å². The zero-order valence-corrected chi connectivity index (χ0v) is 6.28. The number of carboxylic acids is 1. The molecule has 1 radical (unpaired) electrons. The Hall–Kier alpha value is -0.781. The van der Waals surface area contributed by atoms with Crippen LogP contribution in [0.5, 0.6) is 0 Å². The van der Waals surface area contributed by atoms with Gasteiger partial charge in [0.25, 0.3) is 0 Å². The number of aliphatic carboxylic acids is 1. The summed E-state index contributed by atoms with van der Waals surface area (Å²) in [6.07, 6.45) is -2.33. The molecule has 0 aliphatic heterocycles. The summed E-state index contributed by atoms with van der Waals surface area (Å²) in [7, 11) is 0. The van der Waals surface area contributed by atoms with Gasteiger partial charge in [-0.1, -0.05) is 0 Å². The maximum absolute atomic E-state index is 8.89. The van der Waals surface area contributed by atoms with Crippen molar-refractivity contribution in [2.45, 2.75) is 6.92 Å². The van der Waals surface area contributed by atoms with Gasteiger partial charge in [-0.2, -0.15) is 0 Å². The summed E-state index contributed by atoms with van der Waals surface area (Å²) in [5.41, 5.74) is 0. The zero-order valence-electron chi connectivity index (χ0n) is 5.34. The van der Waals surface area contributed by atoms with Gasteiger partial charge in [0.15, 0.2) is 0 Å². The molecule has 0 saturated heterocycles. The van der Waals surface area contributed by atoms with Crippen molar-refractivity contribution in [2.75, 3.05) is 0 Å². The molecule has 10 heavy (non-hydrogen) atoms. The van der Waals surface area contributed by atoms with Gasteiger partial charge in [0.05, 0.1) is 0 Å². The molecule has 0 aromatic rings. The maximum atomic E-state index is 8.89. The number of carbonyl (C=O) groups is 2. The molecule has 0 amide bonds. The van der Waals surface area contributed by atoms with E-state index in [4.69, 9.17) is 24.9 Å². The third kappa shape index (κ3) is 458. The van der Waals surface area contributed by atoms with Gasteiger partial charge in [-0.3, -0.25) is 0 Å². The molecular weight excluding hydrogens is 194 g/mol. The van der Waals surface area contributed by atoms with Gasteiger partial charge in [0, 0.05) is 5.97 Å². The van der Waals surface area contributed by atoms with E-state index in [9.17, 15) is 0 Å². The first-order valence-electron chi connectivity index (χ1n) is 1.52. The number of hydrogen-bond donors (Lipinski definition) is 1. The molecule has 0 aromatic heterocycles. The van der Waals surface area contributed by atoms with E-state index in [2.05, 4.69) is 0 Å². The van der Waals surface area contributed by atoms with Crippen LogP contribution in [0, 0.1) is 0 Å². The second-order valence-corrected chi connectivity index (χ2v) is 0.742. The molecule has 0 aromatic carbocycles. The van der Waals surface area contributed by atoms with Crippen LogP contribution in [0.25, 0.3) is 0 Å². The molecule has 0 heterocycles. The first-order valence-corrected chi connectivity index (χ1v) is 1.52. The quantitative estimate of drug-likeness (QED) is 0.408. The summed E-state index contributed by atoms with van der Waals surface area (Å²) in [6.45, 7) is 0.972. The SMILES string of the molecule is CC(=O)[O-].O=C([O-])[O-].[Cu+2].[NH4+]. The Morgan fingerprint density at radius 2 is 1.10 bits per heavy atom. The molecule has 0 aliphatic carbocycles. The molecule has 7 heteroatoms. The molecule has 0 aliphatic rings. The van der Waals surface area contributed by atoms with E-state index in [-0.39, 0.29) is 23.2 Å². The monoisotopic (exact) mass is 200 g/mol. The van der Waals surface area contributed by atoms with E-state index < -0.39 is 12.1 Å². The van der Waals surface area contributed by atoms with Gasteiger partial charge < -0.3 is 31.1 Å². The van der Waals surface area contributed by atoms with Crippen LogP contribution in [0.1, 0.15) is 6.92 Å². The Morgan fingerprint density at radius 3 is 1.10 bits per heavy atom. The summed E-state index contributed by atoms with van der Waals surface area (Å²) in [5, 5.41) is 25.6. The molecule has 0 fully saturated rings. The number of hydrogen-bond acceptors (Lipinski definition) is 5. The van der Waals surface area contributed by atoms with Crippen molar-refractivity contribution >= 4 is 12.1 Å². The Kier molecular flexibility index (Phi) is 36.0. The second-order valence-electron chi connectivity index (χ2n) is 0.742. The summed E-state index contributed by atoms with van der Waals surface area (Å²) in [6, 6.07) is 0. The van der Waals surface area contributed by atoms with Crippen LogP contribution in [0.4, 0.5) is 4.79 Å². The van der Waals surface area contributed by atoms with Crippen LogP contribution in [-0.4, -0.2) is 12.1 Å². The summed E-state index contributed by atoms with van der Waals surface area (Å²) in [5.74, 6) is -1.08. The van der Waals surface area contributed by atoms with Crippen molar-refractivity contribution < 1.29 is 42.0 Å². The van der Waals surface area contributed by atoms with E-state index >= 15 is 0 Å². The number of carbonyl (C=O) groups excluding carboxylic acids is 2. The van der Waals surface area contributed by atoms with E-state index in [0.29, 0.717) is 0 Å². The van der Waals surface area contributed by atoms with Crippen molar-refractivity contribution in [3.8, 4) is 0 Å². The van der Waals surface area contributed by atoms with Crippen molar-refractivity contribution in [1.29, 1.82) is 0 Å². The molecule has 0 unspecified atom stereocenters. The Bertz CT molecular complexity index is 74.9. The first-order chi connectivity index (χ1) is 3.46. The van der Waals surface area contributed by atoms with Gasteiger partial charge in [-0.15, -0.1) is 0 Å². The summed E-state index contributed by atoms with van der Waals surface area (Å²) < 4.78 is 0. The topological polar surface area (TPSA) is 140 Å². The minimum atomic E-state index is -2.33. The van der Waals surface area contributed by atoms with Gasteiger partial charge in [-0.05, 0) is 13.1 Å². The summed E-state index contributed by atoms with van der Waals surface area (Å²) >= 11 is 0. The van der Waals surface area contributed by atoms with Crippen molar-refractivity contribution in [3.05, 3.63) is 0 Å². The smallest absolute Gasteiger partial charge is 0.652 e. The van der Waals surface area contributed by atoms with Crippen molar-refractivity contribution in [1.82, 2.24) is 6.15 Å². The molecule has 0 spiro atoms. The first kappa shape index (κ1) is 22.9. The predicted molar refractivity (Wildman–Crippen MR) is 22.1 cm³/mol. The molecule has 65 valence electrons. The van der Waals surface area contributed by atoms with Gasteiger partial charge in [0.1, 0.15) is 0 Å². The van der Waals surface area contributed by atoms with E-state index in [1.165, 1.54) is 0 Å².